The lowest BCUT2D eigenvalue weighted by Crippen LogP contribution is -2.32. The molecule has 0 aliphatic carbocycles. The Morgan fingerprint density at radius 1 is 1.06 bits per heavy atom. The maximum absolute atomic E-state index is 13.1. The fourth-order valence-electron chi connectivity index (χ4n) is 4.72. The van der Waals surface area contributed by atoms with E-state index in [2.05, 4.69) is 4.98 Å². The zero-order valence-electron chi connectivity index (χ0n) is 18.8. The maximum Gasteiger partial charge on any atom is 0.330 e. The van der Waals surface area contributed by atoms with E-state index in [1.165, 1.54) is 4.57 Å². The van der Waals surface area contributed by atoms with Gasteiger partial charge in [0.25, 0.3) is 5.56 Å². The van der Waals surface area contributed by atoms with Crippen LogP contribution in [0, 0.1) is 0 Å². The average molecular weight is 495 g/mol. The zero-order valence-corrected chi connectivity index (χ0v) is 19.6. The first-order valence-corrected chi connectivity index (χ1v) is 11.9. The number of nitrogens with one attached hydrogen (secondary N) is 1. The van der Waals surface area contributed by atoms with Gasteiger partial charge in [-0.2, -0.15) is 0 Å². The van der Waals surface area contributed by atoms with Crippen molar-refractivity contribution in [2.45, 2.75) is 32.0 Å². The van der Waals surface area contributed by atoms with Gasteiger partial charge >= 0.3 is 5.69 Å². The van der Waals surface area contributed by atoms with Gasteiger partial charge < -0.3 is 18.8 Å². The summed E-state index contributed by atoms with van der Waals surface area (Å²) in [7, 11) is 0. The highest BCUT2D eigenvalue weighted by molar-refractivity contribution is 6.32. The first kappa shape index (κ1) is 21.9. The van der Waals surface area contributed by atoms with Crippen molar-refractivity contribution in [1.29, 1.82) is 0 Å². The maximum atomic E-state index is 13.1. The second-order valence-corrected chi connectivity index (χ2v) is 9.07. The number of nitrogens with zero attached hydrogens (tertiary/aromatic N) is 3. The predicted molar refractivity (Wildman–Crippen MR) is 131 cm³/mol. The molecule has 2 aliphatic rings. The van der Waals surface area contributed by atoms with Crippen molar-refractivity contribution >= 4 is 22.8 Å². The van der Waals surface area contributed by atoms with Crippen LogP contribution in [0.5, 0.6) is 11.5 Å². The molecule has 0 radical (unpaired) electrons. The number of fused-ring (bicyclic) bond motifs is 2. The molecule has 2 aromatic heterocycles. The SMILES string of the molecule is O=c1[nH]c(=O)n(Cc2ccccc2)c2nc(-c3cc(Cl)c4c(c3)OCCO4)n(C[C@H]3CCCO3)c12. The largest absolute Gasteiger partial charge is 0.486 e. The van der Waals surface area contributed by atoms with Crippen molar-refractivity contribution in [3.63, 3.8) is 0 Å². The van der Waals surface area contributed by atoms with Gasteiger partial charge in [-0.15, -0.1) is 0 Å². The summed E-state index contributed by atoms with van der Waals surface area (Å²) in [6.45, 7) is 2.20. The van der Waals surface area contributed by atoms with Crippen LogP contribution in [-0.4, -0.2) is 45.0 Å². The Kier molecular flexibility index (Phi) is 5.58. The number of imidazole rings is 1. The highest BCUT2D eigenvalue weighted by Gasteiger charge is 2.26. The molecular weight excluding hydrogens is 472 g/mol. The molecule has 0 spiro atoms. The minimum atomic E-state index is -0.514. The lowest BCUT2D eigenvalue weighted by molar-refractivity contribution is 0.0982. The Morgan fingerprint density at radius 3 is 2.69 bits per heavy atom. The van der Waals surface area contributed by atoms with E-state index in [0.29, 0.717) is 65.4 Å². The average Bonchev–Trinajstić information content (AvgIpc) is 3.51. The topological polar surface area (TPSA) is 100 Å². The van der Waals surface area contributed by atoms with Crippen LogP contribution >= 0.6 is 11.6 Å². The highest BCUT2D eigenvalue weighted by Crippen LogP contribution is 2.41. The Hall–Kier alpha value is -3.56. The van der Waals surface area contributed by atoms with Crippen molar-refractivity contribution in [2.24, 2.45) is 0 Å². The van der Waals surface area contributed by atoms with Gasteiger partial charge in [-0.1, -0.05) is 41.9 Å². The minimum Gasteiger partial charge on any atom is -0.486 e. The molecule has 0 saturated carbocycles. The number of aromatic amines is 1. The van der Waals surface area contributed by atoms with E-state index >= 15 is 0 Å². The smallest absolute Gasteiger partial charge is 0.330 e. The van der Waals surface area contributed by atoms with Gasteiger partial charge in [-0.05, 0) is 30.5 Å². The van der Waals surface area contributed by atoms with Crippen molar-refractivity contribution in [2.75, 3.05) is 19.8 Å². The fourth-order valence-corrected chi connectivity index (χ4v) is 4.98. The van der Waals surface area contributed by atoms with Crippen molar-refractivity contribution < 1.29 is 14.2 Å². The minimum absolute atomic E-state index is 0.0623. The summed E-state index contributed by atoms with van der Waals surface area (Å²) in [4.78, 5) is 33.3. The van der Waals surface area contributed by atoms with E-state index in [4.69, 9.17) is 30.8 Å². The van der Waals surface area contributed by atoms with E-state index in [1.807, 2.05) is 34.9 Å². The number of ether oxygens (including phenoxy) is 3. The Morgan fingerprint density at radius 2 is 1.89 bits per heavy atom. The fraction of sp³-hybridized carbons (Fsp3) is 0.320. The standard InChI is InChI=1S/C25H23ClN4O5/c26-18-11-16(12-19-21(18)35-10-9-34-19)22-27-23-20(29(22)14-17-7-4-8-33-17)24(31)28-25(32)30(23)13-15-5-2-1-3-6-15/h1-3,5-6,11-12,17H,4,7-10,13-14H2,(H,28,31,32)/t17-/m1/s1. The molecule has 1 fully saturated rings. The summed E-state index contributed by atoms with van der Waals surface area (Å²) < 4.78 is 20.6. The van der Waals surface area contributed by atoms with Crippen molar-refractivity contribution in [3.8, 4) is 22.9 Å². The van der Waals surface area contributed by atoms with Crippen LogP contribution in [-0.2, 0) is 17.8 Å². The van der Waals surface area contributed by atoms with Crippen molar-refractivity contribution in [1.82, 2.24) is 19.1 Å². The molecule has 1 N–H and O–H groups in total. The lowest BCUT2D eigenvalue weighted by Gasteiger charge is -2.20. The van der Waals surface area contributed by atoms with Crippen LogP contribution in [0.4, 0.5) is 0 Å². The van der Waals surface area contributed by atoms with Crippen LogP contribution in [0.2, 0.25) is 5.02 Å². The molecule has 2 aliphatic heterocycles. The number of hydrogen-bond acceptors (Lipinski definition) is 6. The third kappa shape index (κ3) is 4.00. The molecule has 2 aromatic carbocycles. The van der Waals surface area contributed by atoms with Crippen LogP contribution < -0.4 is 20.7 Å². The second kappa shape index (κ2) is 8.90. The molecule has 180 valence electrons. The summed E-state index contributed by atoms with van der Waals surface area (Å²) in [6, 6.07) is 13.1. The lowest BCUT2D eigenvalue weighted by atomic mass is 10.1. The molecule has 10 heteroatoms. The molecular formula is C25H23ClN4O5. The molecule has 35 heavy (non-hydrogen) atoms. The molecule has 1 atom stereocenters. The number of aromatic nitrogens is 4. The summed E-state index contributed by atoms with van der Waals surface area (Å²) in [6.07, 6.45) is 1.77. The predicted octanol–water partition coefficient (Wildman–Crippen LogP) is 3.21. The summed E-state index contributed by atoms with van der Waals surface area (Å²) >= 11 is 6.52. The molecule has 0 unspecified atom stereocenters. The van der Waals surface area contributed by atoms with Crippen LogP contribution in [0.25, 0.3) is 22.6 Å². The number of halogens is 1. The quantitative estimate of drug-likeness (QED) is 0.457. The highest BCUT2D eigenvalue weighted by atomic mass is 35.5. The van der Waals surface area contributed by atoms with Gasteiger partial charge in [0, 0.05) is 12.2 Å². The zero-order chi connectivity index (χ0) is 23.9. The summed E-state index contributed by atoms with van der Waals surface area (Å²) in [5.41, 5.74) is 1.19. The molecule has 0 amide bonds. The van der Waals surface area contributed by atoms with E-state index < -0.39 is 11.2 Å². The molecule has 9 nitrogen and oxygen atoms in total. The first-order chi connectivity index (χ1) is 17.1. The number of rotatable bonds is 5. The second-order valence-electron chi connectivity index (χ2n) is 8.67. The number of benzene rings is 2. The van der Waals surface area contributed by atoms with E-state index in [9.17, 15) is 9.59 Å². The summed E-state index contributed by atoms with van der Waals surface area (Å²) in [5, 5.41) is 0.392. The Balaban J connectivity index is 1.58. The number of H-pyrrole nitrogens is 1. The van der Waals surface area contributed by atoms with E-state index in [1.54, 1.807) is 12.1 Å². The molecule has 1 saturated heterocycles. The summed E-state index contributed by atoms with van der Waals surface area (Å²) in [5.74, 6) is 1.51. The van der Waals surface area contributed by atoms with Crippen LogP contribution in [0.15, 0.2) is 52.1 Å². The normalized spacial score (nSPS) is 17.2. The van der Waals surface area contributed by atoms with Gasteiger partial charge in [0.1, 0.15) is 19.0 Å². The van der Waals surface area contributed by atoms with Gasteiger partial charge in [-0.25, -0.2) is 9.78 Å². The van der Waals surface area contributed by atoms with Crippen molar-refractivity contribution in [3.05, 3.63) is 73.9 Å². The Labute approximate surface area is 204 Å². The monoisotopic (exact) mass is 494 g/mol. The molecule has 4 heterocycles. The van der Waals surface area contributed by atoms with Gasteiger partial charge in [0.15, 0.2) is 22.7 Å². The number of hydrogen-bond donors (Lipinski definition) is 1. The molecule has 6 rings (SSSR count). The third-order valence-electron chi connectivity index (χ3n) is 6.33. The Bertz CT molecular complexity index is 1520. The third-order valence-corrected chi connectivity index (χ3v) is 6.62. The molecule has 0 bridgehead atoms. The first-order valence-electron chi connectivity index (χ1n) is 11.6. The van der Waals surface area contributed by atoms with Gasteiger partial charge in [0.2, 0.25) is 0 Å². The van der Waals surface area contributed by atoms with E-state index in [-0.39, 0.29) is 12.6 Å². The van der Waals surface area contributed by atoms with Gasteiger partial charge in [0.05, 0.1) is 24.2 Å². The van der Waals surface area contributed by atoms with Gasteiger partial charge in [-0.3, -0.25) is 14.3 Å². The van der Waals surface area contributed by atoms with E-state index in [0.717, 1.165) is 18.4 Å². The van der Waals surface area contributed by atoms with Crippen LogP contribution in [0.1, 0.15) is 18.4 Å². The molecule has 4 aromatic rings. The van der Waals surface area contributed by atoms with Crippen LogP contribution in [0.3, 0.4) is 0 Å².